The van der Waals surface area contributed by atoms with Crippen molar-refractivity contribution in [3.8, 4) is 6.07 Å². The van der Waals surface area contributed by atoms with E-state index in [-0.39, 0.29) is 11.6 Å². The smallest absolute Gasteiger partial charge is 0.217 e. The highest BCUT2D eigenvalue weighted by Gasteiger charge is 2.13. The average Bonchev–Trinajstić information content (AvgIpc) is 2.36. The van der Waals surface area contributed by atoms with Crippen LogP contribution in [0.2, 0.25) is 0 Å². The molecule has 0 heterocycles. The van der Waals surface area contributed by atoms with Gasteiger partial charge in [-0.05, 0) is 25.8 Å². The van der Waals surface area contributed by atoms with Crippen LogP contribution in [0.1, 0.15) is 33.6 Å². The number of carbonyl (C=O) groups excluding carboxylic acids is 1. The maximum Gasteiger partial charge on any atom is 0.217 e. The molecule has 0 fully saturated rings. The molecular formula is C12H19N3O2. The molecule has 0 bridgehead atoms. The Morgan fingerprint density at radius 2 is 2.12 bits per heavy atom. The van der Waals surface area contributed by atoms with Gasteiger partial charge in [0.1, 0.15) is 0 Å². The van der Waals surface area contributed by atoms with Gasteiger partial charge in [0.25, 0.3) is 0 Å². The molecule has 0 radical (unpaired) electrons. The second kappa shape index (κ2) is 7.34. The largest absolute Gasteiger partial charge is 0.493 e. The van der Waals surface area contributed by atoms with Gasteiger partial charge in [-0.25, -0.2) is 0 Å². The third-order valence-corrected chi connectivity index (χ3v) is 2.53. The van der Waals surface area contributed by atoms with E-state index in [0.717, 1.165) is 17.7 Å². The zero-order valence-corrected chi connectivity index (χ0v) is 10.5. The van der Waals surface area contributed by atoms with Gasteiger partial charge in [-0.15, -0.1) is 0 Å². The normalized spacial score (nSPS) is 13.3. The highest BCUT2D eigenvalue weighted by molar-refractivity contribution is 5.52. The number of amides is 1. The van der Waals surface area contributed by atoms with Crippen molar-refractivity contribution < 1.29 is 9.90 Å². The summed E-state index contributed by atoms with van der Waals surface area (Å²) in [7, 11) is 0. The molecule has 1 amide bonds. The third kappa shape index (κ3) is 4.19. The Kier molecular flexibility index (Phi) is 6.49. The number of nitriles is 1. The number of nitrogens with two attached hydrogens (primary N) is 1. The Morgan fingerprint density at radius 3 is 2.53 bits per heavy atom. The average molecular weight is 237 g/mol. The SMILES string of the molecule is CCCCN(C=O)/C(O)=C(N)\C(C)=C(/C)C#N. The van der Waals surface area contributed by atoms with Crippen LogP contribution < -0.4 is 5.73 Å². The molecule has 0 aromatic carbocycles. The maximum absolute atomic E-state index is 10.8. The summed E-state index contributed by atoms with van der Waals surface area (Å²) in [5.41, 5.74) is 6.66. The highest BCUT2D eigenvalue weighted by Crippen LogP contribution is 2.14. The molecule has 17 heavy (non-hydrogen) atoms. The summed E-state index contributed by atoms with van der Waals surface area (Å²) in [6.45, 7) is 5.63. The van der Waals surface area contributed by atoms with Crippen molar-refractivity contribution in [1.82, 2.24) is 4.90 Å². The molecule has 5 heteroatoms. The van der Waals surface area contributed by atoms with Gasteiger partial charge < -0.3 is 10.8 Å². The van der Waals surface area contributed by atoms with Gasteiger partial charge in [0.2, 0.25) is 12.3 Å². The zero-order valence-electron chi connectivity index (χ0n) is 10.5. The molecule has 0 atom stereocenters. The summed E-state index contributed by atoms with van der Waals surface area (Å²) in [6, 6.07) is 1.95. The van der Waals surface area contributed by atoms with Gasteiger partial charge in [-0.1, -0.05) is 13.3 Å². The molecule has 0 saturated carbocycles. The van der Waals surface area contributed by atoms with Crippen LogP contribution in [-0.4, -0.2) is 23.0 Å². The van der Waals surface area contributed by atoms with E-state index in [1.54, 1.807) is 13.8 Å². The summed E-state index contributed by atoms with van der Waals surface area (Å²) >= 11 is 0. The summed E-state index contributed by atoms with van der Waals surface area (Å²) in [6.07, 6.45) is 2.21. The number of carbonyl (C=O) groups is 1. The van der Waals surface area contributed by atoms with Crippen molar-refractivity contribution in [3.63, 3.8) is 0 Å². The maximum atomic E-state index is 10.8. The minimum atomic E-state index is -0.291. The van der Waals surface area contributed by atoms with Crippen molar-refractivity contribution >= 4 is 6.41 Å². The first-order valence-corrected chi connectivity index (χ1v) is 5.48. The zero-order chi connectivity index (χ0) is 13.4. The number of hydrogen-bond donors (Lipinski definition) is 2. The molecule has 0 saturated heterocycles. The molecule has 0 aromatic heterocycles. The molecule has 3 N–H and O–H groups in total. The van der Waals surface area contributed by atoms with Crippen molar-refractivity contribution in [2.45, 2.75) is 33.6 Å². The van der Waals surface area contributed by atoms with Crippen molar-refractivity contribution in [2.75, 3.05) is 6.54 Å². The van der Waals surface area contributed by atoms with Gasteiger partial charge in [0, 0.05) is 12.1 Å². The molecule has 0 aliphatic heterocycles. The summed E-state index contributed by atoms with van der Waals surface area (Å²) in [4.78, 5) is 12.0. The Hall–Kier alpha value is -1.96. The second-order valence-corrected chi connectivity index (χ2v) is 3.75. The van der Waals surface area contributed by atoms with Crippen LogP contribution in [0.3, 0.4) is 0 Å². The Morgan fingerprint density at radius 1 is 1.53 bits per heavy atom. The molecule has 0 aliphatic carbocycles. The molecule has 0 rings (SSSR count). The first-order chi connectivity index (χ1) is 7.99. The third-order valence-electron chi connectivity index (χ3n) is 2.53. The van der Waals surface area contributed by atoms with Crippen LogP contribution in [0.15, 0.2) is 22.7 Å². The lowest BCUT2D eigenvalue weighted by molar-refractivity contribution is -0.118. The van der Waals surface area contributed by atoms with E-state index < -0.39 is 0 Å². The number of allylic oxidation sites excluding steroid dienone is 2. The molecule has 0 aliphatic rings. The minimum Gasteiger partial charge on any atom is -0.493 e. The molecule has 0 spiro atoms. The quantitative estimate of drug-likeness (QED) is 0.319. The fourth-order valence-corrected chi connectivity index (χ4v) is 1.15. The number of rotatable bonds is 6. The van der Waals surface area contributed by atoms with E-state index in [1.807, 2.05) is 13.0 Å². The van der Waals surface area contributed by atoms with Crippen LogP contribution in [0, 0.1) is 11.3 Å². The van der Waals surface area contributed by atoms with Crippen LogP contribution in [-0.2, 0) is 4.79 Å². The molecule has 0 aromatic rings. The number of aliphatic hydroxyl groups excluding tert-OH is 1. The lowest BCUT2D eigenvalue weighted by Crippen LogP contribution is -2.26. The van der Waals surface area contributed by atoms with Gasteiger partial charge in [0.05, 0.1) is 11.8 Å². The number of aliphatic hydroxyl groups is 1. The highest BCUT2D eigenvalue weighted by atomic mass is 16.3. The van der Waals surface area contributed by atoms with E-state index in [1.165, 1.54) is 0 Å². The predicted molar refractivity (Wildman–Crippen MR) is 65.5 cm³/mol. The van der Waals surface area contributed by atoms with E-state index in [9.17, 15) is 9.90 Å². The van der Waals surface area contributed by atoms with Gasteiger partial charge in [0.15, 0.2) is 0 Å². The molecule has 5 nitrogen and oxygen atoms in total. The number of nitrogens with zero attached hydrogens (tertiary/aromatic N) is 2. The standard InChI is InChI=1S/C12H19N3O2/c1-4-5-6-15(8-16)12(17)11(14)10(3)9(2)7-13/h8,17H,4-6,14H2,1-3H3/b10-9+,12-11-. The van der Waals surface area contributed by atoms with E-state index in [0.29, 0.717) is 24.1 Å². The van der Waals surface area contributed by atoms with Crippen molar-refractivity contribution in [2.24, 2.45) is 5.73 Å². The van der Waals surface area contributed by atoms with Crippen molar-refractivity contribution in [1.29, 1.82) is 5.26 Å². The Bertz CT molecular complexity index is 378. The summed E-state index contributed by atoms with van der Waals surface area (Å²) in [5.74, 6) is -0.291. The van der Waals surface area contributed by atoms with E-state index >= 15 is 0 Å². The van der Waals surface area contributed by atoms with Gasteiger partial charge in [-0.3, -0.25) is 9.69 Å². The van der Waals surface area contributed by atoms with Gasteiger partial charge >= 0.3 is 0 Å². The van der Waals surface area contributed by atoms with E-state index in [4.69, 9.17) is 11.0 Å². The van der Waals surface area contributed by atoms with Gasteiger partial charge in [-0.2, -0.15) is 5.26 Å². The predicted octanol–water partition coefficient (Wildman–Crippen LogP) is 1.79. The second-order valence-electron chi connectivity index (χ2n) is 3.75. The lowest BCUT2D eigenvalue weighted by Gasteiger charge is -2.18. The minimum absolute atomic E-state index is 0.0623. The fraction of sp³-hybridized carbons (Fsp3) is 0.500. The Labute approximate surface area is 102 Å². The summed E-state index contributed by atoms with van der Waals surface area (Å²) < 4.78 is 0. The monoisotopic (exact) mass is 237 g/mol. The lowest BCUT2D eigenvalue weighted by atomic mass is 10.1. The molecular weight excluding hydrogens is 218 g/mol. The van der Waals surface area contributed by atoms with Crippen LogP contribution >= 0.6 is 0 Å². The topological polar surface area (TPSA) is 90.3 Å². The van der Waals surface area contributed by atoms with Crippen LogP contribution in [0.25, 0.3) is 0 Å². The number of hydrogen-bond acceptors (Lipinski definition) is 4. The Balaban J connectivity index is 5.14. The fourth-order valence-electron chi connectivity index (χ4n) is 1.15. The molecule has 0 unspecified atom stereocenters. The summed E-state index contributed by atoms with van der Waals surface area (Å²) in [5, 5.41) is 18.5. The van der Waals surface area contributed by atoms with E-state index in [2.05, 4.69) is 0 Å². The first-order valence-electron chi connectivity index (χ1n) is 5.48. The van der Waals surface area contributed by atoms with Crippen LogP contribution in [0.4, 0.5) is 0 Å². The van der Waals surface area contributed by atoms with Crippen LogP contribution in [0.5, 0.6) is 0 Å². The molecule has 94 valence electrons. The first kappa shape index (κ1) is 15.0. The van der Waals surface area contributed by atoms with Crippen molar-refractivity contribution in [3.05, 3.63) is 22.7 Å². The number of unbranched alkanes of at least 4 members (excludes halogenated alkanes) is 1.